The third-order valence-electron chi connectivity index (χ3n) is 1.78. The quantitative estimate of drug-likeness (QED) is 0.733. The highest BCUT2D eigenvalue weighted by atomic mass is 16.3. The summed E-state index contributed by atoms with van der Waals surface area (Å²) >= 11 is 0. The van der Waals surface area contributed by atoms with Crippen LogP contribution < -0.4 is 5.73 Å². The predicted octanol–water partition coefficient (Wildman–Crippen LogP) is 2.43. The van der Waals surface area contributed by atoms with Crippen molar-refractivity contribution in [3.05, 3.63) is 48.2 Å². The molecule has 0 saturated heterocycles. The van der Waals surface area contributed by atoms with Crippen LogP contribution in [0.5, 0.6) is 0 Å². The van der Waals surface area contributed by atoms with Gasteiger partial charge in [0.1, 0.15) is 6.26 Å². The van der Waals surface area contributed by atoms with Crippen molar-refractivity contribution in [2.75, 3.05) is 5.73 Å². The Balaban J connectivity index is 2.18. The van der Waals surface area contributed by atoms with Gasteiger partial charge in [-0.15, -0.1) is 0 Å². The summed E-state index contributed by atoms with van der Waals surface area (Å²) in [7, 11) is 0. The van der Waals surface area contributed by atoms with Gasteiger partial charge < -0.3 is 10.2 Å². The van der Waals surface area contributed by atoms with E-state index < -0.39 is 0 Å². The lowest BCUT2D eigenvalue weighted by Crippen LogP contribution is -1.83. The molecule has 1 aromatic heterocycles. The van der Waals surface area contributed by atoms with Gasteiger partial charge in [-0.2, -0.15) is 0 Å². The Morgan fingerprint density at radius 2 is 2.21 bits per heavy atom. The second-order valence-electron chi connectivity index (χ2n) is 2.87. The lowest BCUT2D eigenvalue weighted by atomic mass is 10.2. The number of aromatic nitrogens is 1. The molecule has 0 aliphatic heterocycles. The van der Waals surface area contributed by atoms with Crippen LogP contribution in [0.2, 0.25) is 0 Å². The first kappa shape index (κ1) is 8.56. The molecule has 0 saturated carbocycles. The van der Waals surface area contributed by atoms with Gasteiger partial charge in [-0.3, -0.25) is 0 Å². The maximum atomic E-state index is 5.63. The van der Waals surface area contributed by atoms with Crippen molar-refractivity contribution in [3.63, 3.8) is 0 Å². The van der Waals surface area contributed by atoms with E-state index in [0.717, 1.165) is 11.3 Å². The van der Waals surface area contributed by atoms with E-state index in [1.807, 2.05) is 30.3 Å². The first-order valence-corrected chi connectivity index (χ1v) is 4.28. The topological polar surface area (TPSA) is 52.0 Å². The summed E-state index contributed by atoms with van der Waals surface area (Å²) in [5.74, 6) is 0.590. The van der Waals surface area contributed by atoms with E-state index in [0.29, 0.717) is 5.89 Å². The molecule has 3 nitrogen and oxygen atoms in total. The molecule has 2 N–H and O–H groups in total. The summed E-state index contributed by atoms with van der Waals surface area (Å²) in [5.41, 5.74) is 7.41. The van der Waals surface area contributed by atoms with Crippen LogP contribution in [0.15, 0.2) is 41.1 Å². The number of hydrogen-bond acceptors (Lipinski definition) is 3. The van der Waals surface area contributed by atoms with Crippen LogP contribution in [0, 0.1) is 0 Å². The molecule has 2 aromatic rings. The van der Waals surface area contributed by atoms with Gasteiger partial charge in [-0.05, 0) is 23.8 Å². The molecule has 0 bridgehead atoms. The van der Waals surface area contributed by atoms with Crippen LogP contribution in [0.1, 0.15) is 11.5 Å². The van der Waals surface area contributed by atoms with Crippen molar-refractivity contribution in [3.8, 4) is 0 Å². The molecule has 2 rings (SSSR count). The maximum absolute atomic E-state index is 5.63. The number of oxazole rings is 1. The van der Waals surface area contributed by atoms with Crippen molar-refractivity contribution in [1.82, 2.24) is 4.98 Å². The molecule has 3 heteroatoms. The van der Waals surface area contributed by atoms with Gasteiger partial charge in [0, 0.05) is 11.8 Å². The third kappa shape index (κ3) is 2.01. The van der Waals surface area contributed by atoms with Crippen molar-refractivity contribution in [2.24, 2.45) is 0 Å². The zero-order chi connectivity index (χ0) is 9.80. The highest BCUT2D eigenvalue weighted by Gasteiger charge is 1.90. The largest absolute Gasteiger partial charge is 0.445 e. The van der Waals surface area contributed by atoms with Crippen LogP contribution in [0.25, 0.3) is 12.2 Å². The maximum Gasteiger partial charge on any atom is 0.218 e. The third-order valence-corrected chi connectivity index (χ3v) is 1.78. The minimum absolute atomic E-state index is 0.590. The smallest absolute Gasteiger partial charge is 0.218 e. The van der Waals surface area contributed by atoms with Crippen LogP contribution in [-0.2, 0) is 0 Å². The molecule has 70 valence electrons. The van der Waals surface area contributed by atoms with Crippen molar-refractivity contribution in [1.29, 1.82) is 0 Å². The second kappa shape index (κ2) is 3.79. The first-order valence-electron chi connectivity index (χ1n) is 4.28. The SMILES string of the molecule is Nc1cccc(C=Cc2ncco2)c1. The number of nitrogens with two attached hydrogens (primary N) is 1. The lowest BCUT2D eigenvalue weighted by molar-refractivity contribution is 0.547. The average molecular weight is 186 g/mol. The fourth-order valence-electron chi connectivity index (χ4n) is 1.15. The Morgan fingerprint density at radius 3 is 2.93 bits per heavy atom. The van der Waals surface area contributed by atoms with E-state index >= 15 is 0 Å². The summed E-state index contributed by atoms with van der Waals surface area (Å²) in [5, 5.41) is 0. The number of benzene rings is 1. The normalized spacial score (nSPS) is 10.9. The molecule has 0 unspecified atom stereocenters. The van der Waals surface area contributed by atoms with E-state index in [1.54, 1.807) is 18.5 Å². The predicted molar refractivity (Wildman–Crippen MR) is 56.3 cm³/mol. The molecule has 1 heterocycles. The summed E-state index contributed by atoms with van der Waals surface area (Å²) in [6, 6.07) is 7.61. The molecule has 0 atom stereocenters. The Hall–Kier alpha value is -2.03. The molecular weight excluding hydrogens is 176 g/mol. The molecule has 0 aliphatic rings. The molecule has 1 aromatic carbocycles. The van der Waals surface area contributed by atoms with Crippen LogP contribution in [-0.4, -0.2) is 4.98 Å². The van der Waals surface area contributed by atoms with Crippen molar-refractivity contribution < 1.29 is 4.42 Å². The monoisotopic (exact) mass is 186 g/mol. The Bertz CT molecular complexity index is 432. The summed E-state index contributed by atoms with van der Waals surface area (Å²) in [6.45, 7) is 0. The van der Waals surface area contributed by atoms with Gasteiger partial charge in [-0.1, -0.05) is 12.1 Å². The highest BCUT2D eigenvalue weighted by molar-refractivity contribution is 5.67. The second-order valence-corrected chi connectivity index (χ2v) is 2.87. The minimum Gasteiger partial charge on any atom is -0.445 e. The van der Waals surface area contributed by atoms with E-state index in [1.165, 1.54) is 0 Å². The number of rotatable bonds is 2. The van der Waals surface area contributed by atoms with E-state index in [9.17, 15) is 0 Å². The zero-order valence-corrected chi connectivity index (χ0v) is 7.55. The number of hydrogen-bond donors (Lipinski definition) is 1. The van der Waals surface area contributed by atoms with Crippen LogP contribution >= 0.6 is 0 Å². The Kier molecular flexibility index (Phi) is 2.32. The Labute approximate surface area is 81.9 Å². The molecule has 0 radical (unpaired) electrons. The van der Waals surface area contributed by atoms with Gasteiger partial charge in [-0.25, -0.2) is 4.98 Å². The lowest BCUT2D eigenvalue weighted by Gasteiger charge is -1.94. The standard InChI is InChI=1S/C11H10N2O/c12-10-3-1-2-9(8-10)4-5-11-13-6-7-14-11/h1-8H,12H2. The molecular formula is C11H10N2O. The summed E-state index contributed by atoms with van der Waals surface area (Å²) < 4.78 is 5.06. The van der Waals surface area contributed by atoms with Crippen molar-refractivity contribution in [2.45, 2.75) is 0 Å². The van der Waals surface area contributed by atoms with E-state index in [-0.39, 0.29) is 0 Å². The molecule has 0 spiro atoms. The number of nitrogen functional groups attached to an aromatic ring is 1. The first-order chi connectivity index (χ1) is 6.84. The van der Waals surface area contributed by atoms with Crippen LogP contribution in [0.3, 0.4) is 0 Å². The number of anilines is 1. The summed E-state index contributed by atoms with van der Waals surface area (Å²) in [4.78, 5) is 3.97. The van der Waals surface area contributed by atoms with Gasteiger partial charge in [0.25, 0.3) is 0 Å². The van der Waals surface area contributed by atoms with Crippen molar-refractivity contribution >= 4 is 17.8 Å². The highest BCUT2D eigenvalue weighted by Crippen LogP contribution is 2.10. The fraction of sp³-hybridized carbons (Fsp3) is 0. The van der Waals surface area contributed by atoms with Gasteiger partial charge in [0.2, 0.25) is 5.89 Å². The average Bonchev–Trinajstić information content (AvgIpc) is 2.67. The molecule has 0 amide bonds. The Morgan fingerprint density at radius 1 is 1.29 bits per heavy atom. The van der Waals surface area contributed by atoms with E-state index in [2.05, 4.69) is 4.98 Å². The molecule has 0 fully saturated rings. The van der Waals surface area contributed by atoms with Crippen LogP contribution in [0.4, 0.5) is 5.69 Å². The summed E-state index contributed by atoms with van der Waals surface area (Å²) in [6.07, 6.45) is 6.86. The van der Waals surface area contributed by atoms with Gasteiger partial charge >= 0.3 is 0 Å². The molecule has 14 heavy (non-hydrogen) atoms. The minimum atomic E-state index is 0.590. The number of nitrogens with zero attached hydrogens (tertiary/aromatic N) is 1. The fourth-order valence-corrected chi connectivity index (χ4v) is 1.15. The molecule has 0 aliphatic carbocycles. The van der Waals surface area contributed by atoms with Gasteiger partial charge in [0.05, 0.1) is 6.20 Å². The zero-order valence-electron chi connectivity index (χ0n) is 7.55. The van der Waals surface area contributed by atoms with E-state index in [4.69, 9.17) is 10.2 Å². The van der Waals surface area contributed by atoms with Gasteiger partial charge in [0.15, 0.2) is 0 Å².